The van der Waals surface area contributed by atoms with Crippen molar-refractivity contribution in [3.63, 3.8) is 0 Å². The zero-order chi connectivity index (χ0) is 26.9. The first kappa shape index (κ1) is 25.7. The van der Waals surface area contributed by atoms with E-state index in [0.717, 1.165) is 31.5 Å². The number of benzene rings is 1. The number of aliphatic hydroxyl groups excluding tert-OH is 2. The third-order valence-electron chi connectivity index (χ3n) is 6.37. The Labute approximate surface area is 215 Å². The lowest BCUT2D eigenvalue weighted by Crippen LogP contribution is -2.56. The summed E-state index contributed by atoms with van der Waals surface area (Å²) in [5, 5.41) is 21.0. The fourth-order valence-corrected chi connectivity index (χ4v) is 4.51. The first-order valence-corrected chi connectivity index (χ1v) is 12.0. The molecule has 2 amide bonds. The quantitative estimate of drug-likeness (QED) is 0.444. The molecule has 1 aromatic carbocycles. The number of rotatable bonds is 6. The highest BCUT2D eigenvalue weighted by Crippen LogP contribution is 2.39. The molecule has 2 atom stereocenters. The molecule has 13 heteroatoms. The highest BCUT2D eigenvalue weighted by atomic mass is 19.4. The zero-order valence-electron chi connectivity index (χ0n) is 20.1. The molecule has 5 rings (SSSR count). The molecular formula is C25H25F3N6O4. The molecule has 1 unspecified atom stereocenters. The van der Waals surface area contributed by atoms with Gasteiger partial charge in [-0.2, -0.15) is 13.2 Å². The monoisotopic (exact) mass is 530 g/mol. The summed E-state index contributed by atoms with van der Waals surface area (Å²) in [6, 6.07) is 7.19. The minimum Gasteiger partial charge on any atom is -0.489 e. The van der Waals surface area contributed by atoms with E-state index < -0.39 is 30.5 Å². The second kappa shape index (κ2) is 10.4. The van der Waals surface area contributed by atoms with Gasteiger partial charge in [-0.05, 0) is 37.1 Å². The van der Waals surface area contributed by atoms with Crippen molar-refractivity contribution in [1.82, 2.24) is 15.0 Å². The van der Waals surface area contributed by atoms with E-state index in [-0.39, 0.29) is 29.9 Å². The summed E-state index contributed by atoms with van der Waals surface area (Å²) in [6.07, 6.45) is -1.02. The minimum atomic E-state index is -4.51. The lowest BCUT2D eigenvalue weighted by molar-refractivity contribution is -0.137. The highest BCUT2D eigenvalue weighted by Gasteiger charge is 2.39. The van der Waals surface area contributed by atoms with E-state index in [0.29, 0.717) is 23.8 Å². The van der Waals surface area contributed by atoms with Gasteiger partial charge in [-0.25, -0.2) is 19.7 Å². The number of carbonyl (C=O) groups is 1. The number of piperidine rings is 1. The number of nitrogens with zero attached hydrogens (tertiary/aromatic N) is 5. The van der Waals surface area contributed by atoms with Crippen LogP contribution < -0.4 is 19.9 Å². The number of urea groups is 1. The maximum absolute atomic E-state index is 13.5. The van der Waals surface area contributed by atoms with Gasteiger partial charge in [0.15, 0.2) is 11.6 Å². The number of hydrogen-bond acceptors (Lipinski definition) is 8. The maximum atomic E-state index is 13.5. The standard InChI is InChI=1S/C25H25F3N6O4/c26-25(27,28)16-4-1-3-15(9-16)22-30-11-20-23(32-22)34(17-5-2-8-33(20)12-17)24(37)31-21-7-6-19(10-29-21)38-14-18(36)13-35/h1,3-4,6-7,9-11,17-18,35-36H,2,5,8,12-14H2,(H,29,31,37)/t17?,18-/m0/s1. The Balaban J connectivity index is 1.41. The number of ether oxygens (including phenoxy) is 1. The SMILES string of the molecule is O=C(Nc1ccc(OC[C@@H](O)CO)cn1)N1c2nc(-c3cccc(C(F)(F)F)c3)ncc2N2CCCC1C2. The number of carbonyl (C=O) groups excluding carboxylic acids is 1. The summed E-state index contributed by atoms with van der Waals surface area (Å²) < 4.78 is 45.1. The van der Waals surface area contributed by atoms with Gasteiger partial charge in [-0.1, -0.05) is 12.1 Å². The molecule has 1 fully saturated rings. The third kappa shape index (κ3) is 5.34. The number of amides is 2. The van der Waals surface area contributed by atoms with Crippen molar-refractivity contribution in [2.24, 2.45) is 0 Å². The molecule has 0 saturated carbocycles. The lowest BCUT2D eigenvalue weighted by Gasteiger charge is -2.45. The average molecular weight is 531 g/mol. The van der Waals surface area contributed by atoms with Gasteiger partial charge in [0, 0.05) is 18.7 Å². The van der Waals surface area contributed by atoms with Gasteiger partial charge in [-0.15, -0.1) is 0 Å². The first-order chi connectivity index (χ1) is 18.2. The van der Waals surface area contributed by atoms with Crippen molar-refractivity contribution in [1.29, 1.82) is 0 Å². The van der Waals surface area contributed by atoms with Gasteiger partial charge >= 0.3 is 12.2 Å². The fourth-order valence-electron chi connectivity index (χ4n) is 4.51. The summed E-state index contributed by atoms with van der Waals surface area (Å²) in [4.78, 5) is 30.1. The summed E-state index contributed by atoms with van der Waals surface area (Å²) in [5.74, 6) is 0.995. The van der Waals surface area contributed by atoms with Crippen LogP contribution in [0.3, 0.4) is 0 Å². The normalized spacial score (nSPS) is 17.6. The zero-order valence-corrected chi connectivity index (χ0v) is 20.1. The molecule has 3 aromatic rings. The number of pyridine rings is 1. The fraction of sp³-hybridized carbons (Fsp3) is 0.360. The topological polar surface area (TPSA) is 124 Å². The molecule has 2 aliphatic heterocycles. The van der Waals surface area contributed by atoms with Gasteiger partial charge in [0.2, 0.25) is 0 Å². The lowest BCUT2D eigenvalue weighted by atomic mass is 10.0. The molecule has 200 valence electrons. The number of aromatic nitrogens is 3. The predicted octanol–water partition coefficient (Wildman–Crippen LogP) is 3.31. The average Bonchev–Trinajstić information content (AvgIpc) is 2.92. The molecule has 2 aromatic heterocycles. The van der Waals surface area contributed by atoms with Gasteiger partial charge < -0.3 is 19.8 Å². The van der Waals surface area contributed by atoms with Crippen molar-refractivity contribution in [3.8, 4) is 17.1 Å². The number of anilines is 3. The Hall–Kier alpha value is -3.97. The summed E-state index contributed by atoms with van der Waals surface area (Å²) >= 11 is 0. The molecular weight excluding hydrogens is 505 g/mol. The van der Waals surface area contributed by atoms with Crippen LogP contribution in [0.5, 0.6) is 5.75 Å². The summed E-state index contributed by atoms with van der Waals surface area (Å²) in [5.41, 5.74) is 0.0131. The van der Waals surface area contributed by atoms with Crippen LogP contribution >= 0.6 is 0 Å². The van der Waals surface area contributed by atoms with Crippen LogP contribution in [-0.2, 0) is 6.18 Å². The van der Waals surface area contributed by atoms with Gasteiger partial charge in [0.25, 0.3) is 0 Å². The Morgan fingerprint density at radius 3 is 2.79 bits per heavy atom. The molecule has 2 bridgehead atoms. The molecule has 1 saturated heterocycles. The van der Waals surface area contributed by atoms with E-state index in [1.54, 1.807) is 12.3 Å². The van der Waals surface area contributed by atoms with E-state index >= 15 is 0 Å². The van der Waals surface area contributed by atoms with Crippen LogP contribution in [0.2, 0.25) is 0 Å². The number of nitrogens with one attached hydrogen (secondary N) is 1. The smallest absolute Gasteiger partial charge is 0.416 e. The van der Waals surface area contributed by atoms with Crippen molar-refractivity contribution >= 4 is 23.4 Å². The van der Waals surface area contributed by atoms with Crippen molar-refractivity contribution in [2.45, 2.75) is 31.2 Å². The molecule has 3 N–H and O–H groups in total. The third-order valence-corrected chi connectivity index (χ3v) is 6.37. The van der Waals surface area contributed by atoms with Crippen LogP contribution in [0.1, 0.15) is 18.4 Å². The Kier molecular flexibility index (Phi) is 7.04. The largest absolute Gasteiger partial charge is 0.489 e. The van der Waals surface area contributed by atoms with E-state index in [9.17, 15) is 23.1 Å². The Bertz CT molecular complexity index is 1310. The van der Waals surface area contributed by atoms with Crippen LogP contribution in [-0.4, -0.2) is 69.6 Å². The van der Waals surface area contributed by atoms with Gasteiger partial charge in [0.1, 0.15) is 24.3 Å². The van der Waals surface area contributed by atoms with Gasteiger partial charge in [-0.3, -0.25) is 10.2 Å². The maximum Gasteiger partial charge on any atom is 0.416 e. The van der Waals surface area contributed by atoms with E-state index in [1.807, 2.05) is 0 Å². The first-order valence-electron chi connectivity index (χ1n) is 12.0. The van der Waals surface area contributed by atoms with Crippen LogP contribution in [0, 0.1) is 0 Å². The molecule has 0 radical (unpaired) electrons. The summed E-state index contributed by atoms with van der Waals surface area (Å²) in [7, 11) is 0. The van der Waals surface area contributed by atoms with Crippen LogP contribution in [0.25, 0.3) is 11.4 Å². The second-order valence-corrected chi connectivity index (χ2v) is 9.05. The van der Waals surface area contributed by atoms with E-state index in [2.05, 4.69) is 25.2 Å². The van der Waals surface area contributed by atoms with Crippen LogP contribution in [0.15, 0.2) is 48.8 Å². The molecule has 38 heavy (non-hydrogen) atoms. The highest BCUT2D eigenvalue weighted by molar-refractivity contribution is 6.04. The van der Waals surface area contributed by atoms with E-state index in [1.165, 1.54) is 29.3 Å². The molecule has 2 aliphatic rings. The number of hydrogen-bond donors (Lipinski definition) is 3. The van der Waals surface area contributed by atoms with Crippen LogP contribution in [0.4, 0.5) is 35.3 Å². The Morgan fingerprint density at radius 2 is 2.05 bits per heavy atom. The number of alkyl halides is 3. The number of aliphatic hydroxyl groups is 2. The Morgan fingerprint density at radius 1 is 1.21 bits per heavy atom. The van der Waals surface area contributed by atoms with Crippen molar-refractivity contribution < 1.29 is 32.9 Å². The second-order valence-electron chi connectivity index (χ2n) is 9.05. The molecule has 0 spiro atoms. The predicted molar refractivity (Wildman–Crippen MR) is 132 cm³/mol. The van der Waals surface area contributed by atoms with Gasteiger partial charge in [0.05, 0.1) is 36.3 Å². The number of halogens is 3. The molecule has 4 heterocycles. The molecule has 0 aliphatic carbocycles. The molecule has 10 nitrogen and oxygen atoms in total. The van der Waals surface area contributed by atoms with Crippen molar-refractivity contribution in [3.05, 3.63) is 54.4 Å². The van der Waals surface area contributed by atoms with Crippen molar-refractivity contribution in [2.75, 3.05) is 41.4 Å². The minimum absolute atomic E-state index is 0.0820. The summed E-state index contributed by atoms with van der Waals surface area (Å²) in [6.45, 7) is 0.802. The number of fused-ring (bicyclic) bond motifs is 4. The van der Waals surface area contributed by atoms with E-state index in [4.69, 9.17) is 9.84 Å².